The number of anilines is 1. The molecule has 25 heavy (non-hydrogen) atoms. The molecule has 2 heterocycles. The molecule has 128 valence electrons. The summed E-state index contributed by atoms with van der Waals surface area (Å²) in [6.45, 7) is 1.98. The molecule has 3 aromatic rings. The Morgan fingerprint density at radius 3 is 2.44 bits per heavy atom. The number of nitrogens with zero attached hydrogens (tertiary/aromatic N) is 3. The minimum absolute atomic E-state index is 0.235. The van der Waals surface area contributed by atoms with Gasteiger partial charge in [-0.15, -0.1) is 0 Å². The van der Waals surface area contributed by atoms with E-state index >= 15 is 0 Å². The fourth-order valence-electron chi connectivity index (χ4n) is 2.38. The number of aryl methyl sites for hydroxylation is 1. The second kappa shape index (κ2) is 6.80. The number of aromatic nitrogens is 2. The second-order valence-corrected chi connectivity index (χ2v) is 5.37. The van der Waals surface area contributed by atoms with E-state index in [0.717, 1.165) is 29.3 Å². The van der Waals surface area contributed by atoms with Crippen LogP contribution in [0.2, 0.25) is 0 Å². The van der Waals surface area contributed by atoms with Gasteiger partial charge in [0.1, 0.15) is 5.82 Å². The van der Waals surface area contributed by atoms with E-state index in [2.05, 4.69) is 15.5 Å². The molecule has 1 N–H and O–H groups in total. The molecule has 0 atom stereocenters. The zero-order valence-electron chi connectivity index (χ0n) is 13.3. The lowest BCUT2D eigenvalue weighted by Crippen LogP contribution is -2.06. The Hall–Kier alpha value is -3.09. The van der Waals surface area contributed by atoms with Gasteiger partial charge < -0.3 is 4.57 Å². The van der Waals surface area contributed by atoms with Gasteiger partial charge >= 0.3 is 6.18 Å². The Labute approximate surface area is 142 Å². The number of benzene rings is 1. The molecule has 3 rings (SSSR count). The Kier molecular flexibility index (Phi) is 4.56. The summed E-state index contributed by atoms with van der Waals surface area (Å²) in [5.74, 6) is 0.235. The summed E-state index contributed by atoms with van der Waals surface area (Å²) in [5, 5.41) is 4.06. The topological polar surface area (TPSA) is 42.2 Å². The number of nitrogens with one attached hydrogen (secondary N) is 1. The van der Waals surface area contributed by atoms with Gasteiger partial charge in [-0.1, -0.05) is 18.2 Å². The van der Waals surface area contributed by atoms with Gasteiger partial charge in [0.2, 0.25) is 0 Å². The first kappa shape index (κ1) is 16.8. The van der Waals surface area contributed by atoms with Crippen molar-refractivity contribution in [2.75, 3.05) is 5.43 Å². The Balaban J connectivity index is 1.76. The van der Waals surface area contributed by atoms with E-state index in [9.17, 15) is 13.2 Å². The number of hydrazone groups is 1. The summed E-state index contributed by atoms with van der Waals surface area (Å²) in [4.78, 5) is 3.71. The van der Waals surface area contributed by atoms with Crippen LogP contribution in [0.5, 0.6) is 0 Å². The zero-order chi connectivity index (χ0) is 17.9. The third kappa shape index (κ3) is 3.88. The molecule has 0 aliphatic heterocycles. The average Bonchev–Trinajstić information content (AvgIpc) is 2.96. The number of alkyl halides is 3. The van der Waals surface area contributed by atoms with E-state index in [-0.39, 0.29) is 5.82 Å². The zero-order valence-corrected chi connectivity index (χ0v) is 13.3. The van der Waals surface area contributed by atoms with Crippen molar-refractivity contribution in [2.45, 2.75) is 13.1 Å². The number of hydrogen-bond acceptors (Lipinski definition) is 3. The first-order valence-corrected chi connectivity index (χ1v) is 7.51. The van der Waals surface area contributed by atoms with Crippen LogP contribution in [-0.4, -0.2) is 15.8 Å². The largest absolute Gasteiger partial charge is 0.417 e. The van der Waals surface area contributed by atoms with Crippen molar-refractivity contribution >= 4 is 12.0 Å². The summed E-state index contributed by atoms with van der Waals surface area (Å²) in [5.41, 5.74) is 4.72. The molecule has 0 aliphatic rings. The van der Waals surface area contributed by atoms with Crippen molar-refractivity contribution in [3.05, 3.63) is 77.7 Å². The SMILES string of the molecule is Cc1ccc(/C=N\Nc2ccc(C(F)(F)F)cn2)n1-c1ccccc1. The second-order valence-electron chi connectivity index (χ2n) is 5.37. The van der Waals surface area contributed by atoms with Gasteiger partial charge in [0, 0.05) is 17.6 Å². The third-order valence-electron chi connectivity index (χ3n) is 3.59. The van der Waals surface area contributed by atoms with Crippen LogP contribution in [0.15, 0.2) is 65.9 Å². The van der Waals surface area contributed by atoms with Gasteiger partial charge in [-0.05, 0) is 43.3 Å². The monoisotopic (exact) mass is 344 g/mol. The minimum Gasteiger partial charge on any atom is -0.313 e. The van der Waals surface area contributed by atoms with Crippen molar-refractivity contribution in [1.82, 2.24) is 9.55 Å². The van der Waals surface area contributed by atoms with Crippen LogP contribution in [0, 0.1) is 6.92 Å². The van der Waals surface area contributed by atoms with Gasteiger partial charge in [-0.25, -0.2) is 4.98 Å². The van der Waals surface area contributed by atoms with Crippen LogP contribution in [0.3, 0.4) is 0 Å². The predicted molar refractivity (Wildman–Crippen MR) is 91.0 cm³/mol. The smallest absolute Gasteiger partial charge is 0.313 e. The van der Waals surface area contributed by atoms with Crippen LogP contribution in [-0.2, 0) is 6.18 Å². The van der Waals surface area contributed by atoms with Crippen molar-refractivity contribution < 1.29 is 13.2 Å². The summed E-state index contributed by atoms with van der Waals surface area (Å²) < 4.78 is 39.5. The molecule has 4 nitrogen and oxygen atoms in total. The molecule has 0 bridgehead atoms. The molecular weight excluding hydrogens is 329 g/mol. The molecule has 0 saturated heterocycles. The molecule has 7 heteroatoms. The van der Waals surface area contributed by atoms with Crippen molar-refractivity contribution in [2.24, 2.45) is 5.10 Å². The van der Waals surface area contributed by atoms with Gasteiger partial charge in [-0.2, -0.15) is 18.3 Å². The molecule has 0 amide bonds. The quantitative estimate of drug-likeness (QED) is 0.553. The number of pyridine rings is 1. The van der Waals surface area contributed by atoms with Gasteiger partial charge in [0.25, 0.3) is 0 Å². The maximum absolute atomic E-state index is 12.5. The van der Waals surface area contributed by atoms with Gasteiger partial charge in [-0.3, -0.25) is 5.43 Å². The summed E-state index contributed by atoms with van der Waals surface area (Å²) >= 11 is 0. The molecule has 0 unspecified atom stereocenters. The third-order valence-corrected chi connectivity index (χ3v) is 3.59. The fourth-order valence-corrected chi connectivity index (χ4v) is 2.38. The Bertz CT molecular complexity index is 866. The minimum atomic E-state index is -4.40. The average molecular weight is 344 g/mol. The van der Waals surface area contributed by atoms with Crippen LogP contribution in [0.4, 0.5) is 19.0 Å². The van der Waals surface area contributed by atoms with E-state index in [4.69, 9.17) is 0 Å². The van der Waals surface area contributed by atoms with Crippen LogP contribution < -0.4 is 5.43 Å². The van der Waals surface area contributed by atoms with Crippen molar-refractivity contribution in [1.29, 1.82) is 0 Å². The van der Waals surface area contributed by atoms with Crippen molar-refractivity contribution in [3.63, 3.8) is 0 Å². The highest BCUT2D eigenvalue weighted by Crippen LogP contribution is 2.28. The molecule has 0 aliphatic carbocycles. The lowest BCUT2D eigenvalue weighted by Gasteiger charge is -2.09. The van der Waals surface area contributed by atoms with Gasteiger partial charge in [0.05, 0.1) is 17.5 Å². The number of para-hydroxylation sites is 1. The fraction of sp³-hybridized carbons (Fsp3) is 0.111. The maximum Gasteiger partial charge on any atom is 0.417 e. The predicted octanol–water partition coefficient (Wildman–Crippen LogP) is 4.65. The van der Waals surface area contributed by atoms with E-state index in [1.165, 1.54) is 6.07 Å². The first-order valence-electron chi connectivity index (χ1n) is 7.51. The van der Waals surface area contributed by atoms with Crippen LogP contribution in [0.25, 0.3) is 5.69 Å². The molecule has 1 aromatic carbocycles. The molecule has 0 radical (unpaired) electrons. The molecule has 0 saturated carbocycles. The van der Waals surface area contributed by atoms with E-state index in [1.54, 1.807) is 6.21 Å². The standard InChI is InChI=1S/C18H15F3N4/c1-13-7-9-16(25(13)15-5-3-2-4-6-15)12-23-24-17-10-8-14(11-22-17)18(19,20)21/h2-12H,1H3,(H,22,24)/b23-12-. The maximum atomic E-state index is 12.5. The molecule has 0 spiro atoms. The lowest BCUT2D eigenvalue weighted by molar-refractivity contribution is -0.137. The molecular formula is C18H15F3N4. The normalized spacial score (nSPS) is 11.8. The van der Waals surface area contributed by atoms with E-state index < -0.39 is 11.7 Å². The first-order chi connectivity index (χ1) is 11.9. The highest BCUT2D eigenvalue weighted by molar-refractivity contribution is 5.79. The van der Waals surface area contributed by atoms with E-state index in [0.29, 0.717) is 0 Å². The highest BCUT2D eigenvalue weighted by atomic mass is 19.4. The Morgan fingerprint density at radius 2 is 1.80 bits per heavy atom. The number of rotatable bonds is 4. The molecule has 2 aromatic heterocycles. The summed E-state index contributed by atoms with van der Waals surface area (Å²) in [7, 11) is 0. The van der Waals surface area contributed by atoms with Crippen LogP contribution >= 0.6 is 0 Å². The highest BCUT2D eigenvalue weighted by Gasteiger charge is 2.30. The number of hydrogen-bond donors (Lipinski definition) is 1. The van der Waals surface area contributed by atoms with Gasteiger partial charge in [0.15, 0.2) is 0 Å². The van der Waals surface area contributed by atoms with Crippen molar-refractivity contribution in [3.8, 4) is 5.69 Å². The molecule has 0 fully saturated rings. The summed E-state index contributed by atoms with van der Waals surface area (Å²) in [6, 6.07) is 15.9. The summed E-state index contributed by atoms with van der Waals surface area (Å²) in [6.07, 6.45) is -2.03. The van der Waals surface area contributed by atoms with E-state index in [1.807, 2.05) is 54.0 Å². The van der Waals surface area contributed by atoms with Crippen LogP contribution in [0.1, 0.15) is 17.0 Å². The lowest BCUT2D eigenvalue weighted by atomic mass is 10.3. The number of halogens is 3. The Morgan fingerprint density at radius 1 is 1.04 bits per heavy atom.